The van der Waals surface area contributed by atoms with Crippen LogP contribution in [-0.4, -0.2) is 34.5 Å². The van der Waals surface area contributed by atoms with Gasteiger partial charge >= 0.3 is 0 Å². The Morgan fingerprint density at radius 2 is 1.96 bits per heavy atom. The molecule has 0 bridgehead atoms. The molecule has 0 spiro atoms. The lowest BCUT2D eigenvalue weighted by Gasteiger charge is -2.12. The van der Waals surface area contributed by atoms with Crippen molar-refractivity contribution in [1.29, 1.82) is 0 Å². The quantitative estimate of drug-likeness (QED) is 0.344. The largest absolute Gasteiger partial charge is 0.345 e. The lowest BCUT2D eigenvalue weighted by molar-refractivity contribution is 0.0827. The van der Waals surface area contributed by atoms with Crippen LogP contribution in [0.2, 0.25) is 5.02 Å². The summed E-state index contributed by atoms with van der Waals surface area (Å²) in [5.41, 5.74) is 2.13. The third kappa shape index (κ3) is 4.29. The van der Waals surface area contributed by atoms with Crippen LogP contribution in [-0.2, 0) is 12.3 Å². The topological polar surface area (TPSA) is 55.2 Å². The average molecular weight is 414 g/mol. The van der Waals surface area contributed by atoms with Gasteiger partial charge in [-0.2, -0.15) is 0 Å². The molecule has 0 unspecified atom stereocenters. The van der Waals surface area contributed by atoms with Crippen LogP contribution >= 0.6 is 23.4 Å². The summed E-state index contributed by atoms with van der Waals surface area (Å²) in [7, 11) is 3.45. The molecule has 5 nitrogen and oxygen atoms in total. The molecule has 0 aliphatic carbocycles. The Labute approximate surface area is 172 Å². The van der Waals surface area contributed by atoms with Crippen LogP contribution in [0.3, 0.4) is 0 Å². The van der Waals surface area contributed by atoms with Crippen LogP contribution in [0, 0.1) is 0 Å². The maximum Gasteiger partial charge on any atom is 0.262 e. The van der Waals surface area contributed by atoms with E-state index in [1.54, 1.807) is 47.8 Å². The first-order chi connectivity index (χ1) is 13.4. The third-order valence-corrected chi connectivity index (χ3v) is 5.45. The lowest BCUT2D eigenvalue weighted by atomic mass is 10.1. The van der Waals surface area contributed by atoms with Crippen molar-refractivity contribution in [2.24, 2.45) is 0 Å². The normalized spacial score (nSPS) is 10.8. The van der Waals surface area contributed by atoms with Gasteiger partial charge in [-0.15, -0.1) is 6.58 Å². The fourth-order valence-corrected chi connectivity index (χ4v) is 3.85. The first-order valence-electron chi connectivity index (χ1n) is 8.65. The van der Waals surface area contributed by atoms with E-state index in [2.05, 4.69) is 11.6 Å². The highest BCUT2D eigenvalue weighted by Gasteiger charge is 2.12. The number of hydrogen-bond acceptors (Lipinski definition) is 4. The number of amides is 1. The van der Waals surface area contributed by atoms with Gasteiger partial charge in [0.1, 0.15) is 0 Å². The summed E-state index contributed by atoms with van der Waals surface area (Å²) in [5.74, 6) is 0.582. The molecular weight excluding hydrogens is 394 g/mol. The molecule has 3 rings (SSSR count). The average Bonchev–Trinajstić information content (AvgIpc) is 2.68. The molecule has 7 heteroatoms. The SMILES string of the molecule is C=CCn1c(SCc2ccc(C(=O)N(C)C)cc2)nc2cc(Cl)ccc2c1=O. The summed E-state index contributed by atoms with van der Waals surface area (Å²) in [5, 5.41) is 1.67. The minimum absolute atomic E-state index is 0.0351. The zero-order valence-corrected chi connectivity index (χ0v) is 17.3. The first-order valence-corrected chi connectivity index (χ1v) is 10.0. The van der Waals surface area contributed by atoms with Crippen molar-refractivity contribution in [1.82, 2.24) is 14.5 Å². The Kier molecular flexibility index (Phi) is 6.21. The number of rotatable bonds is 6. The molecule has 0 radical (unpaired) electrons. The van der Waals surface area contributed by atoms with Crippen LogP contribution in [0.15, 0.2) is 65.1 Å². The van der Waals surface area contributed by atoms with Gasteiger partial charge < -0.3 is 4.90 Å². The number of carbonyl (C=O) groups excluding carboxylic acids is 1. The van der Waals surface area contributed by atoms with Gasteiger partial charge in [-0.1, -0.05) is 41.6 Å². The summed E-state index contributed by atoms with van der Waals surface area (Å²) in [4.78, 5) is 31.0. The number of thioether (sulfide) groups is 1. The second-order valence-corrected chi connectivity index (χ2v) is 7.82. The Hall–Kier alpha value is -2.57. The molecule has 0 aliphatic heterocycles. The summed E-state index contributed by atoms with van der Waals surface area (Å²) >= 11 is 7.52. The van der Waals surface area contributed by atoms with Crippen LogP contribution in [0.25, 0.3) is 10.9 Å². The minimum atomic E-state index is -0.115. The van der Waals surface area contributed by atoms with Crippen molar-refractivity contribution >= 4 is 40.2 Å². The van der Waals surface area contributed by atoms with E-state index >= 15 is 0 Å². The van der Waals surface area contributed by atoms with Crippen molar-refractivity contribution < 1.29 is 4.79 Å². The third-order valence-electron chi connectivity index (χ3n) is 4.17. The predicted octanol–water partition coefficient (Wildman–Crippen LogP) is 4.23. The Bertz CT molecular complexity index is 1090. The van der Waals surface area contributed by atoms with E-state index in [1.807, 2.05) is 24.3 Å². The molecule has 3 aromatic rings. The van der Waals surface area contributed by atoms with Gasteiger partial charge in [0.2, 0.25) is 0 Å². The first kappa shape index (κ1) is 20.2. The molecule has 0 fully saturated rings. The fraction of sp³-hybridized carbons (Fsp3) is 0.190. The van der Waals surface area contributed by atoms with Gasteiger partial charge in [0.05, 0.1) is 10.9 Å². The number of fused-ring (bicyclic) bond motifs is 1. The molecule has 0 saturated heterocycles. The van der Waals surface area contributed by atoms with E-state index in [0.717, 1.165) is 5.56 Å². The van der Waals surface area contributed by atoms with Crippen molar-refractivity contribution in [2.75, 3.05) is 14.1 Å². The molecule has 2 aromatic carbocycles. The van der Waals surface area contributed by atoms with Gasteiger partial charge in [-0.3, -0.25) is 14.2 Å². The Morgan fingerprint density at radius 1 is 1.25 bits per heavy atom. The molecule has 28 heavy (non-hydrogen) atoms. The molecule has 0 atom stereocenters. The Balaban J connectivity index is 1.89. The number of carbonyl (C=O) groups is 1. The number of nitrogens with zero attached hydrogens (tertiary/aromatic N) is 3. The minimum Gasteiger partial charge on any atom is -0.345 e. The van der Waals surface area contributed by atoms with E-state index in [-0.39, 0.29) is 11.5 Å². The molecule has 1 amide bonds. The highest BCUT2D eigenvalue weighted by atomic mass is 35.5. The van der Waals surface area contributed by atoms with Crippen LogP contribution < -0.4 is 5.56 Å². The van der Waals surface area contributed by atoms with Gasteiger partial charge in [-0.05, 0) is 35.9 Å². The molecular formula is C21H20ClN3O2S. The van der Waals surface area contributed by atoms with E-state index in [1.165, 1.54) is 11.8 Å². The van der Waals surface area contributed by atoms with Crippen molar-refractivity contribution in [3.63, 3.8) is 0 Å². The van der Waals surface area contributed by atoms with E-state index in [9.17, 15) is 9.59 Å². The van der Waals surface area contributed by atoms with Crippen LogP contribution in [0.4, 0.5) is 0 Å². The Morgan fingerprint density at radius 3 is 2.61 bits per heavy atom. The predicted molar refractivity (Wildman–Crippen MR) is 115 cm³/mol. The second kappa shape index (κ2) is 8.63. The van der Waals surface area contributed by atoms with Crippen molar-refractivity contribution in [2.45, 2.75) is 17.5 Å². The molecule has 144 valence electrons. The zero-order valence-electron chi connectivity index (χ0n) is 15.7. The summed E-state index contributed by atoms with van der Waals surface area (Å²) in [6.45, 7) is 4.12. The smallest absolute Gasteiger partial charge is 0.262 e. The molecule has 1 heterocycles. The molecule has 1 aromatic heterocycles. The number of aromatic nitrogens is 2. The summed E-state index contributed by atoms with van der Waals surface area (Å²) < 4.78 is 1.61. The van der Waals surface area contributed by atoms with Gasteiger partial charge in [0, 0.05) is 37.0 Å². The summed E-state index contributed by atoms with van der Waals surface area (Å²) in [6.07, 6.45) is 1.68. The zero-order chi connectivity index (χ0) is 20.3. The fourth-order valence-electron chi connectivity index (χ4n) is 2.72. The number of allylic oxidation sites excluding steroid dienone is 1. The van der Waals surface area contributed by atoms with Gasteiger partial charge in [0.15, 0.2) is 5.16 Å². The van der Waals surface area contributed by atoms with E-state index in [4.69, 9.17) is 11.6 Å². The maximum atomic E-state index is 12.8. The highest BCUT2D eigenvalue weighted by molar-refractivity contribution is 7.98. The standard InChI is InChI=1S/C21H20ClN3O2S/c1-4-11-25-20(27)17-10-9-16(22)12-18(17)23-21(25)28-13-14-5-7-15(8-6-14)19(26)24(2)3/h4-10,12H,1,11,13H2,2-3H3. The van der Waals surface area contributed by atoms with Gasteiger partial charge in [0.25, 0.3) is 11.5 Å². The van der Waals surface area contributed by atoms with E-state index < -0.39 is 0 Å². The number of halogens is 1. The highest BCUT2D eigenvalue weighted by Crippen LogP contribution is 2.24. The lowest BCUT2D eigenvalue weighted by Crippen LogP contribution is -2.22. The van der Waals surface area contributed by atoms with Gasteiger partial charge in [-0.25, -0.2) is 4.98 Å². The number of hydrogen-bond donors (Lipinski definition) is 0. The van der Waals surface area contributed by atoms with Crippen molar-refractivity contribution in [3.05, 3.63) is 81.6 Å². The van der Waals surface area contributed by atoms with Crippen LogP contribution in [0.5, 0.6) is 0 Å². The van der Waals surface area contributed by atoms with E-state index in [0.29, 0.717) is 38.9 Å². The molecule has 0 aliphatic rings. The van der Waals surface area contributed by atoms with Crippen LogP contribution in [0.1, 0.15) is 15.9 Å². The number of benzene rings is 2. The molecule has 0 saturated carbocycles. The maximum absolute atomic E-state index is 12.8. The summed E-state index contributed by atoms with van der Waals surface area (Å²) in [6, 6.07) is 12.5. The molecule has 0 N–H and O–H groups in total. The second-order valence-electron chi connectivity index (χ2n) is 6.45. The monoisotopic (exact) mass is 413 g/mol. The van der Waals surface area contributed by atoms with Crippen molar-refractivity contribution in [3.8, 4) is 0 Å².